The van der Waals surface area contributed by atoms with Crippen molar-refractivity contribution >= 4 is 28.6 Å². The Kier molecular flexibility index (Phi) is 4.29. The number of nitrogens with one attached hydrogen (secondary N) is 1. The van der Waals surface area contributed by atoms with E-state index in [2.05, 4.69) is 5.32 Å². The van der Waals surface area contributed by atoms with Gasteiger partial charge in [0, 0.05) is 24.5 Å². The molecule has 2 aromatic rings. The smallest absolute Gasteiger partial charge is 0.251 e. The van der Waals surface area contributed by atoms with Crippen molar-refractivity contribution in [1.29, 1.82) is 0 Å². The number of thiophene rings is 1. The van der Waals surface area contributed by atoms with Gasteiger partial charge in [0.2, 0.25) is 0 Å². The number of rotatable bonds is 4. The Morgan fingerprint density at radius 2 is 2.10 bits per heavy atom. The van der Waals surface area contributed by atoms with Crippen molar-refractivity contribution in [2.24, 2.45) is 0 Å². The van der Waals surface area contributed by atoms with Gasteiger partial charge in [-0.2, -0.15) is 0 Å². The largest absolute Gasteiger partial charge is 0.397 e. The number of amides is 1. The summed E-state index contributed by atoms with van der Waals surface area (Å²) in [4.78, 5) is 15.3. The Hall–Kier alpha value is -2.01. The molecule has 2 rings (SSSR count). The number of nitrogens with two attached hydrogens (primary N) is 1. The van der Waals surface area contributed by atoms with Crippen LogP contribution in [0.25, 0.3) is 0 Å². The minimum absolute atomic E-state index is 0.00255. The number of hydrogen-bond acceptors (Lipinski definition) is 4. The molecule has 106 valence electrons. The lowest BCUT2D eigenvalue weighted by Crippen LogP contribution is -2.26. The van der Waals surface area contributed by atoms with E-state index in [1.165, 1.54) is 0 Å². The average molecular weight is 289 g/mol. The van der Waals surface area contributed by atoms with E-state index in [1.807, 2.05) is 49.5 Å². The SMILES string of the molecule is CC(NC(=O)c1ccc(N(C)C)c(N)c1)c1cccs1. The molecule has 3 N–H and O–H groups in total. The van der Waals surface area contributed by atoms with Crippen molar-refractivity contribution in [2.75, 3.05) is 24.7 Å². The van der Waals surface area contributed by atoms with Crippen LogP contribution in [0.4, 0.5) is 11.4 Å². The highest BCUT2D eigenvalue weighted by Gasteiger charge is 2.13. The summed E-state index contributed by atoms with van der Waals surface area (Å²) in [6.45, 7) is 1.97. The number of nitrogens with zero attached hydrogens (tertiary/aromatic N) is 1. The van der Waals surface area contributed by atoms with Crippen LogP contribution in [0.2, 0.25) is 0 Å². The fraction of sp³-hybridized carbons (Fsp3) is 0.267. The molecule has 0 spiro atoms. The Morgan fingerprint density at radius 1 is 1.35 bits per heavy atom. The molecule has 0 aliphatic rings. The number of nitrogen functional groups attached to an aromatic ring is 1. The number of carbonyl (C=O) groups is 1. The Balaban J connectivity index is 2.12. The molecule has 1 unspecified atom stereocenters. The number of carbonyl (C=O) groups excluding carboxylic acids is 1. The van der Waals surface area contributed by atoms with Gasteiger partial charge in [0.15, 0.2) is 0 Å². The number of hydrogen-bond donors (Lipinski definition) is 2. The molecule has 1 atom stereocenters. The monoisotopic (exact) mass is 289 g/mol. The lowest BCUT2D eigenvalue weighted by atomic mass is 10.1. The second-order valence-corrected chi connectivity index (χ2v) is 5.86. The van der Waals surface area contributed by atoms with Gasteiger partial charge in [0.25, 0.3) is 5.91 Å². The zero-order valence-corrected chi connectivity index (χ0v) is 12.7. The average Bonchev–Trinajstić information content (AvgIpc) is 2.91. The zero-order valence-electron chi connectivity index (χ0n) is 11.9. The van der Waals surface area contributed by atoms with Crippen LogP contribution in [-0.4, -0.2) is 20.0 Å². The molecule has 0 saturated carbocycles. The molecule has 0 fully saturated rings. The van der Waals surface area contributed by atoms with Crippen LogP contribution in [0.5, 0.6) is 0 Å². The van der Waals surface area contributed by atoms with E-state index in [0.29, 0.717) is 11.3 Å². The molecule has 1 aromatic carbocycles. The third-order valence-corrected chi connectivity index (χ3v) is 4.14. The standard InChI is InChI=1S/C15H19N3OS/c1-10(14-5-4-8-20-14)17-15(19)11-6-7-13(18(2)3)12(16)9-11/h4-10H,16H2,1-3H3,(H,17,19). The van der Waals surface area contributed by atoms with Gasteiger partial charge >= 0.3 is 0 Å². The maximum Gasteiger partial charge on any atom is 0.251 e. The quantitative estimate of drug-likeness (QED) is 0.851. The van der Waals surface area contributed by atoms with Gasteiger partial charge in [-0.3, -0.25) is 4.79 Å². The fourth-order valence-electron chi connectivity index (χ4n) is 1.99. The summed E-state index contributed by atoms with van der Waals surface area (Å²) in [6.07, 6.45) is 0. The lowest BCUT2D eigenvalue weighted by Gasteiger charge is -2.17. The first-order valence-electron chi connectivity index (χ1n) is 6.40. The van der Waals surface area contributed by atoms with E-state index >= 15 is 0 Å². The van der Waals surface area contributed by atoms with Gasteiger partial charge in [0.05, 0.1) is 17.4 Å². The van der Waals surface area contributed by atoms with E-state index in [0.717, 1.165) is 10.6 Å². The summed E-state index contributed by atoms with van der Waals surface area (Å²) in [7, 11) is 3.84. The molecule has 0 radical (unpaired) electrons. The van der Waals surface area contributed by atoms with Crippen LogP contribution in [0.15, 0.2) is 35.7 Å². The maximum atomic E-state index is 12.2. The molecular weight excluding hydrogens is 270 g/mol. The minimum Gasteiger partial charge on any atom is -0.397 e. The van der Waals surface area contributed by atoms with Crippen molar-refractivity contribution in [2.45, 2.75) is 13.0 Å². The van der Waals surface area contributed by atoms with Crippen molar-refractivity contribution in [3.8, 4) is 0 Å². The van der Waals surface area contributed by atoms with Crippen LogP contribution >= 0.6 is 11.3 Å². The Labute approximate surface area is 123 Å². The summed E-state index contributed by atoms with van der Waals surface area (Å²) in [5.41, 5.74) is 8.06. The molecule has 0 aliphatic carbocycles. The second kappa shape index (κ2) is 5.96. The van der Waals surface area contributed by atoms with Crippen LogP contribution in [0, 0.1) is 0 Å². The molecule has 4 nitrogen and oxygen atoms in total. The number of benzene rings is 1. The van der Waals surface area contributed by atoms with E-state index in [-0.39, 0.29) is 11.9 Å². The van der Waals surface area contributed by atoms with Crippen molar-refractivity contribution < 1.29 is 4.79 Å². The normalized spacial score (nSPS) is 11.9. The first-order valence-corrected chi connectivity index (χ1v) is 7.28. The Bertz CT molecular complexity index is 593. The summed E-state index contributed by atoms with van der Waals surface area (Å²) in [5, 5.41) is 4.98. The van der Waals surface area contributed by atoms with Gasteiger partial charge < -0.3 is 16.0 Å². The molecule has 1 heterocycles. The van der Waals surface area contributed by atoms with Crippen LogP contribution in [0.3, 0.4) is 0 Å². The van der Waals surface area contributed by atoms with Gasteiger partial charge in [-0.25, -0.2) is 0 Å². The third kappa shape index (κ3) is 3.11. The molecule has 5 heteroatoms. The highest BCUT2D eigenvalue weighted by molar-refractivity contribution is 7.10. The predicted octanol–water partition coefficient (Wildman–Crippen LogP) is 2.89. The Morgan fingerprint density at radius 3 is 2.65 bits per heavy atom. The molecule has 0 aliphatic heterocycles. The topological polar surface area (TPSA) is 58.4 Å². The number of anilines is 2. The van der Waals surface area contributed by atoms with Gasteiger partial charge in [-0.05, 0) is 36.6 Å². The highest BCUT2D eigenvalue weighted by atomic mass is 32.1. The maximum absolute atomic E-state index is 12.2. The van der Waals surface area contributed by atoms with Gasteiger partial charge in [-0.1, -0.05) is 6.07 Å². The van der Waals surface area contributed by atoms with E-state index in [9.17, 15) is 4.79 Å². The molecule has 0 saturated heterocycles. The van der Waals surface area contributed by atoms with E-state index in [1.54, 1.807) is 23.5 Å². The van der Waals surface area contributed by atoms with Crippen molar-refractivity contribution in [3.05, 3.63) is 46.2 Å². The first kappa shape index (κ1) is 14.4. The third-order valence-electron chi connectivity index (χ3n) is 3.09. The highest BCUT2D eigenvalue weighted by Crippen LogP contribution is 2.23. The second-order valence-electron chi connectivity index (χ2n) is 4.88. The molecule has 20 heavy (non-hydrogen) atoms. The van der Waals surface area contributed by atoms with Gasteiger partial charge in [0.1, 0.15) is 0 Å². The molecule has 0 bridgehead atoms. The zero-order chi connectivity index (χ0) is 14.7. The summed E-state index contributed by atoms with van der Waals surface area (Å²) < 4.78 is 0. The van der Waals surface area contributed by atoms with Crippen LogP contribution in [-0.2, 0) is 0 Å². The molecular formula is C15H19N3OS. The van der Waals surface area contributed by atoms with Crippen molar-refractivity contribution in [3.63, 3.8) is 0 Å². The van der Waals surface area contributed by atoms with E-state index < -0.39 is 0 Å². The summed E-state index contributed by atoms with van der Waals surface area (Å²) in [5.74, 6) is -0.108. The van der Waals surface area contributed by atoms with Crippen LogP contribution in [0.1, 0.15) is 28.2 Å². The summed E-state index contributed by atoms with van der Waals surface area (Å²) >= 11 is 1.63. The van der Waals surface area contributed by atoms with Gasteiger partial charge in [-0.15, -0.1) is 11.3 Å². The fourth-order valence-corrected chi connectivity index (χ4v) is 2.73. The summed E-state index contributed by atoms with van der Waals surface area (Å²) in [6, 6.07) is 9.36. The first-order chi connectivity index (χ1) is 9.49. The predicted molar refractivity (Wildman–Crippen MR) is 85.4 cm³/mol. The van der Waals surface area contributed by atoms with Crippen LogP contribution < -0.4 is 16.0 Å². The molecule has 1 amide bonds. The molecule has 1 aromatic heterocycles. The lowest BCUT2D eigenvalue weighted by molar-refractivity contribution is 0.0940. The van der Waals surface area contributed by atoms with E-state index in [4.69, 9.17) is 5.73 Å². The van der Waals surface area contributed by atoms with Crippen molar-refractivity contribution in [1.82, 2.24) is 5.32 Å². The minimum atomic E-state index is -0.108.